The summed E-state index contributed by atoms with van der Waals surface area (Å²) < 4.78 is 40.4. The monoisotopic (exact) mass is 519 g/mol. The number of halogens is 1. The van der Waals surface area contributed by atoms with Crippen LogP contribution in [0.15, 0.2) is 17.1 Å². The van der Waals surface area contributed by atoms with Gasteiger partial charge >= 0.3 is 6.09 Å². The summed E-state index contributed by atoms with van der Waals surface area (Å²) in [6, 6.07) is 2.72. The third kappa shape index (κ3) is 6.04. The number of methoxy groups -OCH3 is 2. The molecule has 2 aliphatic rings. The first-order valence-electron chi connectivity index (χ1n) is 9.99. The Labute approximate surface area is 201 Å². The summed E-state index contributed by atoms with van der Waals surface area (Å²) >= 11 is 7.52. The molecule has 0 spiro atoms. The first kappa shape index (κ1) is 25.4. The predicted octanol–water partition coefficient (Wildman–Crippen LogP) is 2.48. The van der Waals surface area contributed by atoms with Gasteiger partial charge in [-0.25, -0.2) is 13.2 Å². The summed E-state index contributed by atoms with van der Waals surface area (Å²) in [6.07, 6.45) is -0.737. The summed E-state index contributed by atoms with van der Waals surface area (Å²) in [7, 11) is -0.324. The van der Waals surface area contributed by atoms with Crippen LogP contribution in [0.1, 0.15) is 20.8 Å². The topological polar surface area (TPSA) is 124 Å². The molecule has 1 N–H and O–H groups in total. The number of sulfone groups is 1. The molecule has 33 heavy (non-hydrogen) atoms. The maximum Gasteiger partial charge on any atom is 0.408 e. The second-order valence-corrected chi connectivity index (χ2v) is 12.2. The van der Waals surface area contributed by atoms with Gasteiger partial charge in [0.15, 0.2) is 15.0 Å². The van der Waals surface area contributed by atoms with E-state index in [1.54, 1.807) is 37.8 Å². The Hall–Kier alpha value is -2.18. The number of nitrogens with zero attached hydrogens (tertiary/aromatic N) is 2. The zero-order valence-corrected chi connectivity index (χ0v) is 21.3. The van der Waals surface area contributed by atoms with E-state index in [2.05, 4.69) is 10.3 Å². The summed E-state index contributed by atoms with van der Waals surface area (Å²) in [4.78, 5) is 30.2. The summed E-state index contributed by atoms with van der Waals surface area (Å²) in [5.74, 6) is 0.0225. The first-order chi connectivity index (χ1) is 15.3. The van der Waals surface area contributed by atoms with Crippen LogP contribution in [0.4, 0.5) is 10.5 Å². The van der Waals surface area contributed by atoms with Gasteiger partial charge in [0.25, 0.3) is 5.91 Å². The molecule has 0 aliphatic carbocycles. The molecule has 3 rings (SSSR count). The Morgan fingerprint density at radius 3 is 2.48 bits per heavy atom. The van der Waals surface area contributed by atoms with Crippen LogP contribution in [0.3, 0.4) is 0 Å². The molecule has 2 amide bonds. The summed E-state index contributed by atoms with van der Waals surface area (Å²) in [6.45, 7) is 4.76. The molecular weight excluding hydrogens is 494 g/mol. The number of hydrogen-bond acceptors (Lipinski definition) is 8. The van der Waals surface area contributed by atoms with Gasteiger partial charge in [0.05, 0.1) is 42.5 Å². The van der Waals surface area contributed by atoms with E-state index in [0.29, 0.717) is 27.4 Å². The third-order valence-corrected chi connectivity index (χ3v) is 8.29. The van der Waals surface area contributed by atoms with Crippen molar-refractivity contribution in [3.63, 3.8) is 0 Å². The number of rotatable bonds is 5. The fourth-order valence-corrected chi connectivity index (χ4v) is 7.65. The maximum absolute atomic E-state index is 12.5. The van der Waals surface area contributed by atoms with E-state index in [9.17, 15) is 18.0 Å². The van der Waals surface area contributed by atoms with Gasteiger partial charge in [0.2, 0.25) is 0 Å². The number of aliphatic imine (C=N–C) groups is 1. The average Bonchev–Trinajstić information content (AvgIpc) is 3.15. The van der Waals surface area contributed by atoms with Crippen molar-refractivity contribution in [2.75, 3.05) is 37.2 Å². The van der Waals surface area contributed by atoms with E-state index in [4.69, 9.17) is 25.8 Å². The van der Waals surface area contributed by atoms with Crippen LogP contribution in [0.2, 0.25) is 5.02 Å². The van der Waals surface area contributed by atoms with E-state index in [1.165, 1.54) is 26.0 Å². The molecule has 10 nitrogen and oxygen atoms in total. The standard InChI is InChI=1S/C20H26ClN3O7S2/c1-20(2,3)31-19(26)22-8-17(25)23-18-24(13-9-33(27,28)10-16(13)32-18)12-6-11(21)14(29-4)7-15(12)30-5/h6-7,13,16H,8-10H2,1-5H3,(H,22,26)/t13-,16+/m0/s1. The Kier molecular flexibility index (Phi) is 7.39. The number of benzene rings is 1. The number of anilines is 1. The quantitative estimate of drug-likeness (QED) is 0.624. The Bertz CT molecular complexity index is 1090. The molecule has 182 valence electrons. The fraction of sp³-hybridized carbons (Fsp3) is 0.550. The van der Waals surface area contributed by atoms with Gasteiger partial charge < -0.3 is 24.4 Å². The van der Waals surface area contributed by atoms with Crippen molar-refractivity contribution in [2.24, 2.45) is 4.99 Å². The van der Waals surface area contributed by atoms with Crippen LogP contribution in [-0.2, 0) is 19.4 Å². The van der Waals surface area contributed by atoms with E-state index in [0.717, 1.165) is 0 Å². The van der Waals surface area contributed by atoms with Gasteiger partial charge in [0, 0.05) is 11.3 Å². The smallest absolute Gasteiger partial charge is 0.408 e. The number of carbonyl (C=O) groups is 2. The number of amidine groups is 1. The van der Waals surface area contributed by atoms with Crippen molar-refractivity contribution >= 4 is 56.1 Å². The van der Waals surface area contributed by atoms with Crippen LogP contribution in [0.5, 0.6) is 11.5 Å². The number of ether oxygens (including phenoxy) is 3. The van der Waals surface area contributed by atoms with Crippen molar-refractivity contribution in [1.82, 2.24) is 5.32 Å². The summed E-state index contributed by atoms with van der Waals surface area (Å²) in [5, 5.41) is 2.65. The first-order valence-corrected chi connectivity index (χ1v) is 13.1. The molecular formula is C20H26ClN3O7S2. The molecule has 2 saturated heterocycles. The number of hydrogen-bond donors (Lipinski definition) is 1. The van der Waals surface area contributed by atoms with Crippen LogP contribution in [0.25, 0.3) is 0 Å². The second-order valence-electron chi connectivity index (χ2n) is 8.47. The minimum atomic E-state index is -3.25. The molecule has 2 fully saturated rings. The van der Waals surface area contributed by atoms with Crippen molar-refractivity contribution in [3.05, 3.63) is 17.2 Å². The third-order valence-electron chi connectivity index (χ3n) is 4.78. The number of nitrogens with one attached hydrogen (secondary N) is 1. The Balaban J connectivity index is 1.91. The highest BCUT2D eigenvalue weighted by atomic mass is 35.5. The van der Waals surface area contributed by atoms with Gasteiger partial charge in [0.1, 0.15) is 23.6 Å². The largest absolute Gasteiger partial charge is 0.495 e. The SMILES string of the molecule is COc1cc(OC)c(N2C(=NC(=O)CNC(=O)OC(C)(C)C)S[C@@H]3CS(=O)(=O)C[C@@H]32)cc1Cl. The lowest BCUT2D eigenvalue weighted by atomic mass is 10.2. The van der Waals surface area contributed by atoms with Crippen LogP contribution in [0, 0.1) is 0 Å². The summed E-state index contributed by atoms with van der Waals surface area (Å²) in [5.41, 5.74) is -0.239. The highest BCUT2D eigenvalue weighted by Gasteiger charge is 2.50. The highest BCUT2D eigenvalue weighted by molar-refractivity contribution is 8.16. The Morgan fingerprint density at radius 1 is 1.21 bits per heavy atom. The molecule has 0 radical (unpaired) electrons. The van der Waals surface area contributed by atoms with Gasteiger partial charge in [-0.05, 0) is 26.8 Å². The lowest BCUT2D eigenvalue weighted by molar-refractivity contribution is -0.117. The zero-order valence-electron chi connectivity index (χ0n) is 18.9. The molecule has 2 aliphatic heterocycles. The second kappa shape index (κ2) is 9.59. The van der Waals surface area contributed by atoms with Crippen LogP contribution in [-0.4, -0.2) is 74.7 Å². The Morgan fingerprint density at radius 2 is 1.88 bits per heavy atom. The number of alkyl carbamates (subject to hydrolysis) is 1. The molecule has 2 heterocycles. The number of carbonyl (C=O) groups excluding carboxylic acids is 2. The maximum atomic E-state index is 12.5. The van der Waals surface area contributed by atoms with E-state index in [1.807, 2.05) is 0 Å². The lowest BCUT2D eigenvalue weighted by Crippen LogP contribution is -2.39. The zero-order chi connectivity index (χ0) is 24.6. The van der Waals surface area contributed by atoms with Gasteiger partial charge in [-0.15, -0.1) is 0 Å². The normalized spacial score (nSPS) is 22.7. The van der Waals surface area contributed by atoms with Crippen LogP contribution < -0.4 is 19.7 Å². The van der Waals surface area contributed by atoms with Crippen molar-refractivity contribution in [2.45, 2.75) is 37.7 Å². The minimum Gasteiger partial charge on any atom is -0.495 e. The van der Waals surface area contributed by atoms with Gasteiger partial charge in [-0.2, -0.15) is 4.99 Å². The fourth-order valence-electron chi connectivity index (χ4n) is 3.49. The average molecular weight is 520 g/mol. The molecule has 1 aromatic carbocycles. The molecule has 1 aromatic rings. The number of amides is 2. The van der Waals surface area contributed by atoms with E-state index < -0.39 is 33.5 Å². The number of thioether (sulfide) groups is 1. The van der Waals surface area contributed by atoms with Crippen LogP contribution >= 0.6 is 23.4 Å². The molecule has 0 unspecified atom stereocenters. The molecule has 2 atom stereocenters. The lowest BCUT2D eigenvalue weighted by Gasteiger charge is -2.27. The minimum absolute atomic E-state index is 0.0333. The predicted molar refractivity (Wildman–Crippen MR) is 128 cm³/mol. The molecule has 0 saturated carbocycles. The molecule has 0 bridgehead atoms. The van der Waals surface area contributed by atoms with Crippen molar-refractivity contribution in [3.8, 4) is 11.5 Å². The number of fused-ring (bicyclic) bond motifs is 1. The van der Waals surface area contributed by atoms with Crippen molar-refractivity contribution < 1.29 is 32.2 Å². The van der Waals surface area contributed by atoms with E-state index in [-0.39, 0.29) is 23.3 Å². The van der Waals surface area contributed by atoms with Gasteiger partial charge in [-0.1, -0.05) is 23.4 Å². The molecule has 0 aromatic heterocycles. The van der Waals surface area contributed by atoms with Gasteiger partial charge in [-0.3, -0.25) is 4.79 Å². The van der Waals surface area contributed by atoms with E-state index >= 15 is 0 Å². The molecule has 13 heteroatoms. The van der Waals surface area contributed by atoms with Crippen molar-refractivity contribution in [1.29, 1.82) is 0 Å². The highest BCUT2D eigenvalue weighted by Crippen LogP contribution is 2.46.